The van der Waals surface area contributed by atoms with E-state index in [-0.39, 0.29) is 6.71 Å². The van der Waals surface area contributed by atoms with Gasteiger partial charge in [-0.3, -0.25) is 0 Å². The maximum Gasteiger partial charge on any atom is 0.260 e. The Hall–Kier alpha value is -9.70. The number of benzene rings is 10. The summed E-state index contributed by atoms with van der Waals surface area (Å²) < 4.78 is 22.6. The van der Waals surface area contributed by atoms with Gasteiger partial charge in [0.2, 0.25) is 0 Å². The predicted molar refractivity (Wildman–Crippen MR) is 296 cm³/mol. The van der Waals surface area contributed by atoms with Crippen molar-refractivity contribution in [1.82, 2.24) is 13.7 Å². The van der Waals surface area contributed by atoms with Gasteiger partial charge >= 0.3 is 0 Å². The number of aromatic nitrogens is 3. The van der Waals surface area contributed by atoms with E-state index in [1.165, 1.54) is 5.56 Å². The molecule has 0 bridgehead atoms. The van der Waals surface area contributed by atoms with Crippen LogP contribution >= 0.6 is 0 Å². The van der Waals surface area contributed by atoms with Crippen molar-refractivity contribution in [2.24, 2.45) is 0 Å². The fraction of sp³-hybridized carbons (Fsp3) is 0. The van der Waals surface area contributed by atoms with Crippen molar-refractivity contribution in [2.75, 3.05) is 0 Å². The van der Waals surface area contributed by atoms with E-state index in [0.717, 1.165) is 139 Å². The fourth-order valence-electron chi connectivity index (χ4n) is 12.1. The largest absolute Gasteiger partial charge is 0.456 e. The van der Waals surface area contributed by atoms with Gasteiger partial charge in [0, 0.05) is 61.1 Å². The molecule has 11 aromatic carbocycles. The topological polar surface area (TPSA) is 33.2 Å². The van der Waals surface area contributed by atoms with Crippen molar-refractivity contribution in [2.45, 2.75) is 0 Å². The molecule has 3 aromatic heterocycles. The Bertz CT molecular complexity index is 4530. The SMILES string of the molecule is c1cccc(-c2ccc3c4ccc5c(c4n(-c4ccccc4)c3c2)Oc2c3c(cc4c2c2ccccc2n4-c2ccccc2)Oc2c(ccc4c6ccc(-c7ccccc7)cc6n(-c6ccccc6)c24)B53)c#1. The summed E-state index contributed by atoms with van der Waals surface area (Å²) in [6.45, 7) is -0.242. The lowest BCUT2D eigenvalue weighted by Gasteiger charge is -2.34. The minimum Gasteiger partial charge on any atom is -0.456 e. The second-order valence-corrected chi connectivity index (χ2v) is 19.0. The number of rotatable bonds is 5. The maximum absolute atomic E-state index is 7.78. The first-order valence-corrected chi connectivity index (χ1v) is 24.5. The highest BCUT2D eigenvalue weighted by Crippen LogP contribution is 2.49. The fourth-order valence-corrected chi connectivity index (χ4v) is 12.1. The van der Waals surface area contributed by atoms with Gasteiger partial charge in [-0.25, -0.2) is 0 Å². The number of hydrogen-bond acceptors (Lipinski definition) is 2. The third-order valence-corrected chi connectivity index (χ3v) is 15.2. The zero-order valence-electron chi connectivity index (χ0n) is 38.7. The third-order valence-electron chi connectivity index (χ3n) is 15.2. The van der Waals surface area contributed by atoms with Crippen LogP contribution in [-0.2, 0) is 0 Å². The Labute approximate surface area is 414 Å². The van der Waals surface area contributed by atoms with Crippen LogP contribution in [-0.4, -0.2) is 20.4 Å². The van der Waals surface area contributed by atoms with Crippen LogP contribution in [0.25, 0.3) is 105 Å². The molecule has 0 unspecified atom stereocenters. The molecule has 5 nitrogen and oxygen atoms in total. The van der Waals surface area contributed by atoms with Gasteiger partial charge in [0.15, 0.2) is 0 Å². The minimum absolute atomic E-state index is 0.242. The first-order valence-electron chi connectivity index (χ1n) is 24.5. The second-order valence-electron chi connectivity index (χ2n) is 19.0. The van der Waals surface area contributed by atoms with Gasteiger partial charge in [-0.2, -0.15) is 0 Å². The van der Waals surface area contributed by atoms with Crippen molar-refractivity contribution in [3.8, 4) is 62.3 Å². The molecule has 0 aliphatic carbocycles. The zero-order valence-corrected chi connectivity index (χ0v) is 38.7. The van der Waals surface area contributed by atoms with E-state index in [0.29, 0.717) is 0 Å². The Morgan fingerprint density at radius 1 is 0.361 bits per heavy atom. The van der Waals surface area contributed by atoms with Crippen LogP contribution in [0.5, 0.6) is 23.0 Å². The Balaban J connectivity index is 1.05. The van der Waals surface area contributed by atoms with Crippen molar-refractivity contribution >= 4 is 88.5 Å². The Morgan fingerprint density at radius 2 is 0.903 bits per heavy atom. The normalized spacial score (nSPS) is 12.5. The van der Waals surface area contributed by atoms with Crippen molar-refractivity contribution in [3.05, 3.63) is 243 Å². The number of hydrogen-bond donors (Lipinski definition) is 0. The molecule has 14 aromatic rings. The van der Waals surface area contributed by atoms with Crippen molar-refractivity contribution in [3.63, 3.8) is 0 Å². The van der Waals surface area contributed by atoms with Gasteiger partial charge in [0.1, 0.15) is 23.0 Å². The standard InChI is InChI=1S/C66H38BN3O2/c1-6-18-41(19-7-1)43-30-32-48-50-34-36-53-64(62(50)69(56(48)38-43)46-24-12-4-13-25-46)71-59-40-58-60(52-28-16-17-29-55(52)68(58)45-22-10-3-11-23-45)66-61(59)67(53)54-37-35-51-49-33-31-44(42-20-8-2-9-21-42)39-57(49)70(63(51)65(54)72-66)47-26-14-5-15-27-47/h1-8,10-20,22-40H. The van der Waals surface area contributed by atoms with E-state index in [1.807, 2.05) is 12.1 Å². The molecule has 2 aliphatic rings. The Kier molecular flexibility index (Phi) is 8.11. The van der Waals surface area contributed by atoms with Crippen LogP contribution in [0.2, 0.25) is 0 Å². The lowest BCUT2D eigenvalue weighted by molar-refractivity contribution is 0.472. The van der Waals surface area contributed by atoms with Gasteiger partial charge in [-0.1, -0.05) is 170 Å². The number of nitrogens with zero attached hydrogens (tertiary/aromatic N) is 3. The molecule has 0 saturated heterocycles. The number of para-hydroxylation sites is 4. The van der Waals surface area contributed by atoms with Crippen molar-refractivity contribution in [1.29, 1.82) is 0 Å². The highest BCUT2D eigenvalue weighted by atomic mass is 16.5. The third kappa shape index (κ3) is 5.45. The van der Waals surface area contributed by atoms with Gasteiger partial charge in [0.05, 0.1) is 38.5 Å². The van der Waals surface area contributed by atoms with E-state index >= 15 is 0 Å². The summed E-state index contributed by atoms with van der Waals surface area (Å²) in [4.78, 5) is 0. The molecule has 0 atom stereocenters. The van der Waals surface area contributed by atoms with E-state index in [4.69, 9.17) is 9.47 Å². The molecule has 5 heterocycles. The highest BCUT2D eigenvalue weighted by molar-refractivity contribution is 6.99. The summed E-state index contributed by atoms with van der Waals surface area (Å²) >= 11 is 0. The van der Waals surface area contributed by atoms with Crippen LogP contribution in [0.1, 0.15) is 0 Å². The van der Waals surface area contributed by atoms with Gasteiger partial charge in [-0.05, 0) is 94.3 Å². The molecule has 0 radical (unpaired) electrons. The summed E-state index contributed by atoms with van der Waals surface area (Å²) in [5.74, 6) is 3.29. The maximum atomic E-state index is 7.78. The summed E-state index contributed by atoms with van der Waals surface area (Å²) in [6, 6.07) is 89.1. The summed E-state index contributed by atoms with van der Waals surface area (Å²) in [7, 11) is 0. The summed E-state index contributed by atoms with van der Waals surface area (Å²) in [5.41, 5.74) is 17.2. The first-order chi connectivity index (χ1) is 35.7. The van der Waals surface area contributed by atoms with Crippen LogP contribution in [0, 0.1) is 12.1 Å². The molecule has 0 amide bonds. The van der Waals surface area contributed by atoms with E-state index < -0.39 is 0 Å². The van der Waals surface area contributed by atoms with Crippen LogP contribution in [0.15, 0.2) is 231 Å². The second kappa shape index (κ2) is 14.9. The molecule has 332 valence electrons. The van der Waals surface area contributed by atoms with E-state index in [9.17, 15) is 0 Å². The van der Waals surface area contributed by atoms with Gasteiger partial charge in [0.25, 0.3) is 6.71 Å². The molecule has 0 spiro atoms. The predicted octanol–water partition coefficient (Wildman–Crippen LogP) is 14.6. The number of ether oxygens (including phenoxy) is 2. The molecule has 2 aliphatic heterocycles. The average molecular weight is 916 g/mol. The monoisotopic (exact) mass is 915 g/mol. The van der Waals surface area contributed by atoms with Crippen LogP contribution in [0.3, 0.4) is 0 Å². The number of fused-ring (bicyclic) bond motifs is 16. The zero-order chi connectivity index (χ0) is 47.0. The lowest BCUT2D eigenvalue weighted by atomic mass is 9.34. The quantitative estimate of drug-likeness (QED) is 0.161. The van der Waals surface area contributed by atoms with Gasteiger partial charge < -0.3 is 23.2 Å². The minimum atomic E-state index is -0.242. The molecule has 6 heteroatoms. The van der Waals surface area contributed by atoms with Crippen LogP contribution < -0.4 is 25.9 Å². The molecular weight excluding hydrogens is 878 g/mol. The lowest BCUT2D eigenvalue weighted by Crippen LogP contribution is -2.57. The molecule has 16 rings (SSSR count). The smallest absolute Gasteiger partial charge is 0.260 e. The van der Waals surface area contributed by atoms with Crippen molar-refractivity contribution < 1.29 is 9.47 Å². The van der Waals surface area contributed by atoms with E-state index in [1.54, 1.807) is 0 Å². The van der Waals surface area contributed by atoms with Gasteiger partial charge in [-0.15, -0.1) is 0 Å². The molecule has 72 heavy (non-hydrogen) atoms. The summed E-state index contributed by atoms with van der Waals surface area (Å²) in [5, 5.41) is 6.73. The average Bonchev–Trinajstić information content (AvgIpc) is 4.09. The Morgan fingerprint density at radius 3 is 1.53 bits per heavy atom. The molecule has 0 N–H and O–H groups in total. The molecular formula is C66H38BN3O2. The van der Waals surface area contributed by atoms with Crippen LogP contribution in [0.4, 0.5) is 0 Å². The first kappa shape index (κ1) is 39.2. The molecule has 0 saturated carbocycles. The summed E-state index contributed by atoms with van der Waals surface area (Å²) in [6.07, 6.45) is 0. The highest BCUT2D eigenvalue weighted by Gasteiger charge is 2.44. The molecule has 0 fully saturated rings. The van der Waals surface area contributed by atoms with E-state index in [2.05, 4.69) is 244 Å².